The first-order valence-electron chi connectivity index (χ1n) is 10.6. The molecule has 0 N–H and O–H groups in total. The van der Waals surface area contributed by atoms with E-state index in [9.17, 15) is 4.79 Å². The predicted molar refractivity (Wildman–Crippen MR) is 114 cm³/mol. The van der Waals surface area contributed by atoms with Gasteiger partial charge in [-0.05, 0) is 52.2 Å². The average Bonchev–Trinajstić information content (AvgIpc) is 3.17. The Labute approximate surface area is 172 Å². The van der Waals surface area contributed by atoms with Gasteiger partial charge < -0.3 is 19.3 Å². The lowest BCUT2D eigenvalue weighted by Gasteiger charge is -2.34. The van der Waals surface area contributed by atoms with Gasteiger partial charge in [0.15, 0.2) is 0 Å². The molecule has 1 atom stereocenters. The predicted octanol–water partition coefficient (Wildman–Crippen LogP) is 4.45. The quantitative estimate of drug-likeness (QED) is 0.749. The van der Waals surface area contributed by atoms with E-state index in [-0.39, 0.29) is 12.1 Å². The average molecular weight is 398 g/mol. The maximum atomic E-state index is 12.9. The number of ether oxygens (including phenoxy) is 2. The van der Waals surface area contributed by atoms with Gasteiger partial charge in [-0.1, -0.05) is 18.2 Å². The summed E-state index contributed by atoms with van der Waals surface area (Å²) in [4.78, 5) is 22.2. The molecule has 6 nitrogen and oxygen atoms in total. The van der Waals surface area contributed by atoms with Crippen molar-refractivity contribution in [1.82, 2.24) is 9.88 Å². The van der Waals surface area contributed by atoms with Crippen molar-refractivity contribution in [3.63, 3.8) is 0 Å². The number of morpholine rings is 1. The van der Waals surface area contributed by atoms with Gasteiger partial charge in [0.2, 0.25) is 0 Å². The molecule has 2 fully saturated rings. The molecule has 0 aliphatic carbocycles. The number of aromatic nitrogens is 1. The molecule has 1 aromatic carbocycles. The van der Waals surface area contributed by atoms with Crippen LogP contribution in [-0.2, 0) is 9.47 Å². The summed E-state index contributed by atoms with van der Waals surface area (Å²) in [5.41, 5.74) is 2.81. The second-order valence-corrected chi connectivity index (χ2v) is 8.98. The lowest BCUT2D eigenvalue weighted by molar-refractivity contribution is 0.0224. The van der Waals surface area contributed by atoms with E-state index in [2.05, 4.69) is 36.1 Å². The van der Waals surface area contributed by atoms with Crippen LogP contribution in [0.1, 0.15) is 50.8 Å². The number of aryl methyl sites for hydroxylation is 1. The molecule has 1 unspecified atom stereocenters. The SMILES string of the molecule is Cc1cccc2cc(C3CCCN3C(=O)OC(C)(C)C)c(N3CCOCC3)nc12. The monoisotopic (exact) mass is 397 g/mol. The highest BCUT2D eigenvalue weighted by Crippen LogP contribution is 2.39. The molecule has 2 aliphatic heterocycles. The lowest BCUT2D eigenvalue weighted by atomic mass is 10.0. The maximum Gasteiger partial charge on any atom is 0.410 e. The molecule has 2 saturated heterocycles. The Balaban J connectivity index is 1.77. The van der Waals surface area contributed by atoms with E-state index in [0.29, 0.717) is 19.8 Å². The topological polar surface area (TPSA) is 54.9 Å². The highest BCUT2D eigenvalue weighted by atomic mass is 16.6. The highest BCUT2D eigenvalue weighted by molar-refractivity contribution is 5.85. The van der Waals surface area contributed by atoms with Gasteiger partial charge in [0, 0.05) is 30.6 Å². The third-order valence-electron chi connectivity index (χ3n) is 5.61. The first kappa shape index (κ1) is 20.0. The van der Waals surface area contributed by atoms with Crippen LogP contribution in [0.3, 0.4) is 0 Å². The maximum absolute atomic E-state index is 12.9. The summed E-state index contributed by atoms with van der Waals surface area (Å²) in [6.45, 7) is 11.6. The minimum atomic E-state index is -0.504. The molecule has 0 bridgehead atoms. The summed E-state index contributed by atoms with van der Waals surface area (Å²) in [5, 5.41) is 1.12. The van der Waals surface area contributed by atoms with Crippen LogP contribution in [0.15, 0.2) is 24.3 Å². The van der Waals surface area contributed by atoms with Gasteiger partial charge in [-0.2, -0.15) is 0 Å². The number of likely N-dealkylation sites (tertiary alicyclic amines) is 1. The fourth-order valence-electron chi connectivity index (χ4n) is 4.26. The molecule has 6 heteroatoms. The van der Waals surface area contributed by atoms with E-state index < -0.39 is 5.60 Å². The highest BCUT2D eigenvalue weighted by Gasteiger charge is 2.36. The third kappa shape index (κ3) is 4.17. The number of hydrogen-bond acceptors (Lipinski definition) is 5. The molecule has 156 valence electrons. The first-order chi connectivity index (χ1) is 13.8. The molecule has 1 amide bonds. The number of rotatable bonds is 2. The van der Waals surface area contributed by atoms with Gasteiger partial charge in [-0.25, -0.2) is 9.78 Å². The van der Waals surface area contributed by atoms with Crippen LogP contribution in [0.5, 0.6) is 0 Å². The molecular formula is C23H31N3O3. The zero-order valence-electron chi connectivity index (χ0n) is 17.9. The number of para-hydroxylation sites is 1. The van der Waals surface area contributed by atoms with Crippen molar-refractivity contribution in [1.29, 1.82) is 0 Å². The second kappa shape index (κ2) is 7.82. The number of fused-ring (bicyclic) bond motifs is 1. The fraction of sp³-hybridized carbons (Fsp3) is 0.565. The van der Waals surface area contributed by atoms with Crippen molar-refractivity contribution in [2.24, 2.45) is 0 Å². The van der Waals surface area contributed by atoms with Crippen LogP contribution in [0.4, 0.5) is 10.6 Å². The molecule has 0 radical (unpaired) electrons. The van der Waals surface area contributed by atoms with E-state index in [4.69, 9.17) is 14.5 Å². The Morgan fingerprint density at radius 2 is 1.97 bits per heavy atom. The van der Waals surface area contributed by atoms with Crippen LogP contribution in [0.2, 0.25) is 0 Å². The first-order valence-corrected chi connectivity index (χ1v) is 10.6. The van der Waals surface area contributed by atoms with Gasteiger partial charge in [0.1, 0.15) is 11.4 Å². The summed E-state index contributed by atoms with van der Waals surface area (Å²) in [5.74, 6) is 0.982. The van der Waals surface area contributed by atoms with Gasteiger partial charge in [0.05, 0.1) is 24.8 Å². The number of hydrogen-bond donors (Lipinski definition) is 0. The van der Waals surface area contributed by atoms with E-state index in [1.54, 1.807) is 0 Å². The van der Waals surface area contributed by atoms with Crippen molar-refractivity contribution in [2.75, 3.05) is 37.7 Å². The summed E-state index contributed by atoms with van der Waals surface area (Å²) >= 11 is 0. The molecular weight excluding hydrogens is 366 g/mol. The van der Waals surface area contributed by atoms with E-state index >= 15 is 0 Å². The molecule has 2 aliphatic rings. The molecule has 29 heavy (non-hydrogen) atoms. The van der Waals surface area contributed by atoms with E-state index in [1.165, 1.54) is 5.56 Å². The van der Waals surface area contributed by atoms with Crippen LogP contribution < -0.4 is 4.90 Å². The van der Waals surface area contributed by atoms with Crippen LogP contribution in [0.25, 0.3) is 10.9 Å². The molecule has 0 spiro atoms. The van der Waals surface area contributed by atoms with Crippen molar-refractivity contribution in [3.05, 3.63) is 35.4 Å². The van der Waals surface area contributed by atoms with Crippen molar-refractivity contribution >= 4 is 22.8 Å². The minimum absolute atomic E-state index is 0.0138. The minimum Gasteiger partial charge on any atom is -0.444 e. The number of amides is 1. The van der Waals surface area contributed by atoms with E-state index in [1.807, 2.05) is 25.7 Å². The van der Waals surface area contributed by atoms with Crippen molar-refractivity contribution < 1.29 is 14.3 Å². The number of carbonyl (C=O) groups is 1. The van der Waals surface area contributed by atoms with E-state index in [0.717, 1.165) is 48.2 Å². The van der Waals surface area contributed by atoms with Gasteiger partial charge in [0.25, 0.3) is 0 Å². The summed E-state index contributed by atoms with van der Waals surface area (Å²) in [7, 11) is 0. The molecule has 0 saturated carbocycles. The number of nitrogens with zero attached hydrogens (tertiary/aromatic N) is 3. The summed E-state index contributed by atoms with van der Waals surface area (Å²) in [6, 6.07) is 8.49. The van der Waals surface area contributed by atoms with Crippen LogP contribution in [-0.4, -0.2) is 54.4 Å². The summed E-state index contributed by atoms with van der Waals surface area (Å²) < 4.78 is 11.3. The standard InChI is InChI=1S/C23H31N3O3/c1-16-7-5-8-17-15-18(21(24-20(16)17)25-11-13-28-14-12-25)19-9-6-10-26(19)22(27)29-23(2,3)4/h5,7-8,15,19H,6,9-14H2,1-4H3. The summed E-state index contributed by atoms with van der Waals surface area (Å²) in [6.07, 6.45) is 1.66. The van der Waals surface area contributed by atoms with Crippen LogP contribution in [0, 0.1) is 6.92 Å². The van der Waals surface area contributed by atoms with Gasteiger partial charge >= 0.3 is 6.09 Å². The Bertz CT molecular complexity index is 900. The molecule has 3 heterocycles. The molecule has 1 aromatic heterocycles. The Morgan fingerprint density at radius 3 is 2.69 bits per heavy atom. The lowest BCUT2D eigenvalue weighted by Crippen LogP contribution is -2.39. The number of pyridine rings is 1. The smallest absolute Gasteiger partial charge is 0.410 e. The zero-order chi connectivity index (χ0) is 20.6. The van der Waals surface area contributed by atoms with Crippen LogP contribution >= 0.6 is 0 Å². The largest absolute Gasteiger partial charge is 0.444 e. The third-order valence-corrected chi connectivity index (χ3v) is 5.61. The normalized spacial score (nSPS) is 20.3. The zero-order valence-corrected chi connectivity index (χ0v) is 17.9. The van der Waals surface area contributed by atoms with Gasteiger partial charge in [-0.3, -0.25) is 0 Å². The Kier molecular flexibility index (Phi) is 5.38. The number of carbonyl (C=O) groups excluding carboxylic acids is 1. The Hall–Kier alpha value is -2.34. The van der Waals surface area contributed by atoms with Crippen molar-refractivity contribution in [3.8, 4) is 0 Å². The second-order valence-electron chi connectivity index (χ2n) is 8.98. The molecule has 4 rings (SSSR count). The van der Waals surface area contributed by atoms with Gasteiger partial charge in [-0.15, -0.1) is 0 Å². The molecule has 2 aromatic rings. The number of benzene rings is 1. The fourth-order valence-corrected chi connectivity index (χ4v) is 4.26. The number of anilines is 1. The Morgan fingerprint density at radius 1 is 1.21 bits per heavy atom. The van der Waals surface area contributed by atoms with Crippen molar-refractivity contribution in [2.45, 2.75) is 52.2 Å².